The quantitative estimate of drug-likeness (QED) is 0.251. The predicted octanol–water partition coefficient (Wildman–Crippen LogP) is 6.79. The highest BCUT2D eigenvalue weighted by atomic mass is 79.9. The van der Waals surface area contributed by atoms with Crippen molar-refractivity contribution >= 4 is 67.2 Å². The van der Waals surface area contributed by atoms with Crippen molar-refractivity contribution < 1.29 is 9.53 Å². The molecule has 3 aromatic rings. The van der Waals surface area contributed by atoms with E-state index in [2.05, 4.69) is 42.4 Å². The number of nitrogens with one attached hydrogen (secondary N) is 1. The Kier molecular flexibility index (Phi) is 8.33. The molecule has 0 aromatic heterocycles. The fraction of sp³-hybridized carbons (Fsp3) is 0.0909. The highest BCUT2D eigenvalue weighted by Crippen LogP contribution is 2.28. The third-order valence-electron chi connectivity index (χ3n) is 4.04. The molecule has 0 unspecified atom stereocenters. The summed E-state index contributed by atoms with van der Waals surface area (Å²) in [6, 6.07) is 18.4. The van der Waals surface area contributed by atoms with Gasteiger partial charge in [0, 0.05) is 20.1 Å². The summed E-state index contributed by atoms with van der Waals surface area (Å²) in [5, 5.41) is 5.15. The summed E-state index contributed by atoms with van der Waals surface area (Å²) >= 11 is 18.9. The molecule has 0 bridgehead atoms. The predicted molar refractivity (Wildman–Crippen MR) is 129 cm³/mol. The number of hydrogen-bond acceptors (Lipinski definition) is 3. The standard InChI is InChI=1S/C22H16Br2Cl2N2O2/c23-17-5-1-14(2-6-17)10-22(29)28-27-12-15-3-8-21(19(24)9-15)30-13-16-4-7-18(25)11-20(16)26/h1-9,11-12H,10,13H2,(H,28,29)/b27-12-. The topological polar surface area (TPSA) is 50.7 Å². The maximum atomic E-state index is 12.0. The largest absolute Gasteiger partial charge is 0.488 e. The molecule has 8 heteroatoms. The number of carbonyl (C=O) groups excluding carboxylic acids is 1. The van der Waals surface area contributed by atoms with Crippen LogP contribution in [0.25, 0.3) is 0 Å². The highest BCUT2D eigenvalue weighted by molar-refractivity contribution is 9.10. The number of hydrogen-bond donors (Lipinski definition) is 1. The van der Waals surface area contributed by atoms with E-state index in [0.717, 1.165) is 25.6 Å². The second-order valence-electron chi connectivity index (χ2n) is 6.31. The van der Waals surface area contributed by atoms with Crippen molar-refractivity contribution in [2.75, 3.05) is 0 Å². The second kappa shape index (κ2) is 11.0. The zero-order chi connectivity index (χ0) is 21.5. The van der Waals surface area contributed by atoms with Crippen LogP contribution < -0.4 is 10.2 Å². The number of ether oxygens (including phenoxy) is 1. The maximum absolute atomic E-state index is 12.0. The van der Waals surface area contributed by atoms with Crippen molar-refractivity contribution in [3.05, 3.63) is 96.3 Å². The van der Waals surface area contributed by atoms with E-state index < -0.39 is 0 Å². The molecule has 154 valence electrons. The summed E-state index contributed by atoms with van der Waals surface area (Å²) in [7, 11) is 0. The number of hydrazone groups is 1. The first-order chi connectivity index (χ1) is 14.4. The SMILES string of the molecule is O=C(Cc1ccc(Br)cc1)N/N=C\c1ccc(OCc2ccc(Cl)cc2Cl)c(Br)c1. The lowest BCUT2D eigenvalue weighted by Gasteiger charge is -2.10. The molecule has 0 atom stereocenters. The number of nitrogens with zero attached hydrogens (tertiary/aromatic N) is 1. The van der Waals surface area contributed by atoms with Gasteiger partial charge in [0.25, 0.3) is 0 Å². The Morgan fingerprint density at radius 2 is 1.80 bits per heavy atom. The molecule has 1 amide bonds. The number of halogens is 4. The molecule has 0 aliphatic carbocycles. The number of rotatable bonds is 7. The number of benzene rings is 3. The zero-order valence-electron chi connectivity index (χ0n) is 15.5. The van der Waals surface area contributed by atoms with Gasteiger partial charge in [-0.1, -0.05) is 57.3 Å². The maximum Gasteiger partial charge on any atom is 0.244 e. The first-order valence-corrected chi connectivity index (χ1v) is 11.2. The van der Waals surface area contributed by atoms with Gasteiger partial charge in [-0.25, -0.2) is 5.43 Å². The Labute approximate surface area is 201 Å². The van der Waals surface area contributed by atoms with Gasteiger partial charge in [-0.2, -0.15) is 5.10 Å². The molecule has 0 heterocycles. The van der Waals surface area contributed by atoms with Crippen LogP contribution in [-0.2, 0) is 17.8 Å². The zero-order valence-corrected chi connectivity index (χ0v) is 20.2. The molecule has 30 heavy (non-hydrogen) atoms. The van der Waals surface area contributed by atoms with Gasteiger partial charge in [0.15, 0.2) is 0 Å². The Morgan fingerprint density at radius 1 is 1.03 bits per heavy atom. The number of carbonyl (C=O) groups is 1. The molecule has 0 spiro atoms. The summed E-state index contributed by atoms with van der Waals surface area (Å²) < 4.78 is 7.56. The van der Waals surface area contributed by atoms with Crippen LogP contribution >= 0.6 is 55.1 Å². The first kappa shape index (κ1) is 22.8. The van der Waals surface area contributed by atoms with Crippen molar-refractivity contribution in [1.29, 1.82) is 0 Å². The van der Waals surface area contributed by atoms with Gasteiger partial charge >= 0.3 is 0 Å². The molecule has 0 fully saturated rings. The van der Waals surface area contributed by atoms with Crippen LogP contribution in [0.2, 0.25) is 10.0 Å². The van der Waals surface area contributed by atoms with Gasteiger partial charge in [0.2, 0.25) is 5.91 Å². The molecule has 3 rings (SSSR count). The summed E-state index contributed by atoms with van der Waals surface area (Å²) in [6.07, 6.45) is 1.83. The van der Waals surface area contributed by atoms with Crippen LogP contribution in [0.1, 0.15) is 16.7 Å². The summed E-state index contributed by atoms with van der Waals surface area (Å²) in [5.74, 6) is 0.477. The molecule has 1 N–H and O–H groups in total. The summed E-state index contributed by atoms with van der Waals surface area (Å²) in [5.41, 5.74) is 5.09. The third kappa shape index (κ3) is 6.84. The highest BCUT2D eigenvalue weighted by Gasteiger charge is 2.06. The number of amides is 1. The lowest BCUT2D eigenvalue weighted by atomic mass is 10.1. The van der Waals surface area contributed by atoms with Crippen LogP contribution in [0.15, 0.2) is 74.7 Å². The lowest BCUT2D eigenvalue weighted by molar-refractivity contribution is -0.120. The van der Waals surface area contributed by atoms with Gasteiger partial charge < -0.3 is 4.74 Å². The van der Waals surface area contributed by atoms with Crippen molar-refractivity contribution in [3.63, 3.8) is 0 Å². The molecular weight excluding hydrogens is 555 g/mol. The van der Waals surface area contributed by atoms with Crippen molar-refractivity contribution in [2.45, 2.75) is 13.0 Å². The Morgan fingerprint density at radius 3 is 2.50 bits per heavy atom. The van der Waals surface area contributed by atoms with Crippen molar-refractivity contribution in [2.24, 2.45) is 5.10 Å². The molecular formula is C22H16Br2Cl2N2O2. The third-order valence-corrected chi connectivity index (χ3v) is 5.77. The van der Waals surface area contributed by atoms with Gasteiger partial charge in [-0.15, -0.1) is 0 Å². The minimum absolute atomic E-state index is 0.188. The van der Waals surface area contributed by atoms with E-state index in [-0.39, 0.29) is 12.3 Å². The van der Waals surface area contributed by atoms with Crippen LogP contribution in [0.5, 0.6) is 5.75 Å². The van der Waals surface area contributed by atoms with Crippen LogP contribution in [-0.4, -0.2) is 12.1 Å². The molecule has 4 nitrogen and oxygen atoms in total. The molecule has 0 aliphatic heterocycles. The molecule has 0 aliphatic rings. The minimum atomic E-state index is -0.188. The van der Waals surface area contributed by atoms with Gasteiger partial charge in [-0.05, 0) is 69.5 Å². The van der Waals surface area contributed by atoms with Gasteiger partial charge in [0.05, 0.1) is 17.1 Å². The van der Waals surface area contributed by atoms with Gasteiger partial charge in [-0.3, -0.25) is 4.79 Å². The van der Waals surface area contributed by atoms with E-state index in [1.165, 1.54) is 0 Å². The van der Waals surface area contributed by atoms with Crippen molar-refractivity contribution in [3.8, 4) is 5.75 Å². The van der Waals surface area contributed by atoms with E-state index in [1.807, 2.05) is 48.5 Å². The Bertz CT molecular complexity index is 1070. The second-order valence-corrected chi connectivity index (χ2v) is 8.92. The monoisotopic (exact) mass is 568 g/mol. The molecule has 0 saturated heterocycles. The summed E-state index contributed by atoms with van der Waals surface area (Å²) in [4.78, 5) is 12.0. The van der Waals surface area contributed by atoms with Crippen molar-refractivity contribution in [1.82, 2.24) is 5.43 Å². The normalized spacial score (nSPS) is 10.9. The fourth-order valence-corrected chi connectivity index (χ4v) is 3.75. The van der Waals surface area contributed by atoms with E-state index in [1.54, 1.807) is 18.3 Å². The summed E-state index contributed by atoms with van der Waals surface area (Å²) in [6.45, 7) is 0.314. The average molecular weight is 571 g/mol. The van der Waals surface area contributed by atoms with Gasteiger partial charge in [0.1, 0.15) is 12.4 Å². The molecule has 0 saturated carbocycles. The van der Waals surface area contributed by atoms with E-state index in [0.29, 0.717) is 22.4 Å². The Balaban J connectivity index is 1.54. The molecule has 0 radical (unpaired) electrons. The van der Waals surface area contributed by atoms with Crippen LogP contribution in [0.4, 0.5) is 0 Å². The van der Waals surface area contributed by atoms with E-state index in [4.69, 9.17) is 27.9 Å². The Hall–Kier alpha value is -1.86. The fourth-order valence-electron chi connectivity index (χ4n) is 2.51. The van der Waals surface area contributed by atoms with E-state index >= 15 is 0 Å². The molecule has 3 aromatic carbocycles. The minimum Gasteiger partial charge on any atom is -0.488 e. The van der Waals surface area contributed by atoms with E-state index in [9.17, 15) is 4.79 Å². The smallest absolute Gasteiger partial charge is 0.244 e. The van der Waals surface area contributed by atoms with Crippen LogP contribution in [0, 0.1) is 0 Å². The first-order valence-electron chi connectivity index (χ1n) is 8.83. The van der Waals surface area contributed by atoms with Crippen LogP contribution in [0.3, 0.4) is 0 Å². The average Bonchev–Trinajstić information content (AvgIpc) is 2.70. The lowest BCUT2D eigenvalue weighted by Crippen LogP contribution is -2.19.